The zero-order valence-electron chi connectivity index (χ0n) is 13.4. The van der Waals surface area contributed by atoms with E-state index >= 15 is 0 Å². The number of fused-ring (bicyclic) bond motifs is 1. The lowest BCUT2D eigenvalue weighted by molar-refractivity contribution is -0.0352. The van der Waals surface area contributed by atoms with E-state index in [0.717, 1.165) is 17.7 Å². The number of amides is 1. The van der Waals surface area contributed by atoms with Crippen LogP contribution in [-0.4, -0.2) is 29.1 Å². The third kappa shape index (κ3) is 2.67. The molecule has 0 bridgehead atoms. The number of aryl methyl sites for hydroxylation is 1. The molecule has 1 amide bonds. The Morgan fingerprint density at radius 2 is 2.04 bits per heavy atom. The predicted molar refractivity (Wildman–Crippen MR) is 89.5 cm³/mol. The molecule has 4 rings (SSSR count). The molecular weight excluding hydrogens is 304 g/mol. The van der Waals surface area contributed by atoms with Crippen LogP contribution in [0.1, 0.15) is 34.3 Å². The Bertz CT molecular complexity index is 873. The molecule has 122 valence electrons. The van der Waals surface area contributed by atoms with Gasteiger partial charge in [-0.15, -0.1) is 0 Å². The van der Waals surface area contributed by atoms with Crippen molar-refractivity contribution in [1.29, 1.82) is 0 Å². The quantitative estimate of drug-likeness (QED) is 0.722. The fraction of sp³-hybridized carbons (Fsp3) is 0.263. The molecular formula is C19H18N2O3. The van der Waals surface area contributed by atoms with Crippen LogP contribution >= 0.6 is 0 Å². The van der Waals surface area contributed by atoms with E-state index < -0.39 is 0 Å². The number of hydrogen-bond acceptors (Lipinski definition) is 4. The lowest BCUT2D eigenvalue weighted by Crippen LogP contribution is -2.40. The maximum Gasteiger partial charge on any atom is 0.292 e. The van der Waals surface area contributed by atoms with Crippen molar-refractivity contribution in [3.63, 3.8) is 0 Å². The maximum atomic E-state index is 13.0. The maximum absolute atomic E-state index is 13.0. The number of furan rings is 1. The minimum absolute atomic E-state index is 0.00430. The molecule has 3 heterocycles. The fourth-order valence-corrected chi connectivity index (χ4v) is 3.10. The number of carbonyl (C=O) groups is 1. The van der Waals surface area contributed by atoms with Crippen molar-refractivity contribution in [1.82, 2.24) is 9.88 Å². The molecule has 1 atom stereocenters. The van der Waals surface area contributed by atoms with Crippen molar-refractivity contribution in [2.45, 2.75) is 19.4 Å². The Kier molecular flexibility index (Phi) is 3.78. The van der Waals surface area contributed by atoms with Crippen LogP contribution in [0.15, 0.2) is 52.9 Å². The number of benzene rings is 1. The van der Waals surface area contributed by atoms with Crippen molar-refractivity contribution in [3.05, 3.63) is 65.5 Å². The highest BCUT2D eigenvalue weighted by Gasteiger charge is 2.31. The summed E-state index contributed by atoms with van der Waals surface area (Å²) in [6, 6.07) is 15.5. The van der Waals surface area contributed by atoms with Crippen LogP contribution in [0.3, 0.4) is 0 Å². The van der Waals surface area contributed by atoms with Gasteiger partial charge in [0, 0.05) is 11.8 Å². The third-order valence-corrected chi connectivity index (χ3v) is 4.31. The van der Waals surface area contributed by atoms with Crippen LogP contribution in [0.2, 0.25) is 0 Å². The van der Waals surface area contributed by atoms with E-state index in [1.54, 1.807) is 11.0 Å². The van der Waals surface area contributed by atoms with Crippen LogP contribution in [0.4, 0.5) is 0 Å². The molecule has 1 aliphatic heterocycles. The number of hydrogen-bond donors (Lipinski definition) is 0. The van der Waals surface area contributed by atoms with Gasteiger partial charge in [0.25, 0.3) is 5.91 Å². The van der Waals surface area contributed by atoms with Gasteiger partial charge in [-0.3, -0.25) is 4.79 Å². The Morgan fingerprint density at radius 3 is 2.88 bits per heavy atom. The van der Waals surface area contributed by atoms with E-state index in [9.17, 15) is 4.79 Å². The largest absolute Gasteiger partial charge is 0.449 e. The Balaban J connectivity index is 1.67. The van der Waals surface area contributed by atoms with E-state index in [-0.39, 0.29) is 18.7 Å². The summed E-state index contributed by atoms with van der Waals surface area (Å²) in [6.07, 6.45) is 0.771. The summed E-state index contributed by atoms with van der Waals surface area (Å²) < 4.78 is 11.2. The summed E-state index contributed by atoms with van der Waals surface area (Å²) in [5, 5.41) is 0. The van der Waals surface area contributed by atoms with Crippen LogP contribution in [-0.2, 0) is 4.74 Å². The fourth-order valence-electron chi connectivity index (χ4n) is 3.10. The van der Waals surface area contributed by atoms with E-state index in [4.69, 9.17) is 9.15 Å². The molecule has 24 heavy (non-hydrogen) atoms. The molecule has 5 heteroatoms. The van der Waals surface area contributed by atoms with Crippen LogP contribution in [0.5, 0.6) is 0 Å². The molecule has 0 aliphatic carbocycles. The monoisotopic (exact) mass is 322 g/mol. The molecule has 1 aromatic carbocycles. The number of aromatic nitrogens is 1. The first-order valence-corrected chi connectivity index (χ1v) is 8.03. The van der Waals surface area contributed by atoms with Gasteiger partial charge in [0.05, 0.1) is 12.6 Å². The molecule has 2 aromatic heterocycles. The van der Waals surface area contributed by atoms with Gasteiger partial charge in [0.15, 0.2) is 11.3 Å². The molecule has 3 aromatic rings. The molecule has 0 saturated carbocycles. The smallest absolute Gasteiger partial charge is 0.292 e. The Labute approximate surface area is 139 Å². The SMILES string of the molecule is Cc1ccc2oc(C(=O)N3COCCC3c3ccccc3)cc2n1. The third-order valence-electron chi connectivity index (χ3n) is 4.31. The number of rotatable bonds is 2. The summed E-state index contributed by atoms with van der Waals surface area (Å²) >= 11 is 0. The molecule has 1 unspecified atom stereocenters. The van der Waals surface area contributed by atoms with Crippen LogP contribution in [0, 0.1) is 6.92 Å². The van der Waals surface area contributed by atoms with Crippen LogP contribution < -0.4 is 0 Å². The normalized spacial score (nSPS) is 18.0. The van der Waals surface area contributed by atoms with Crippen molar-refractivity contribution in [2.75, 3.05) is 13.3 Å². The van der Waals surface area contributed by atoms with Gasteiger partial charge in [-0.1, -0.05) is 30.3 Å². The first kappa shape index (κ1) is 14.9. The summed E-state index contributed by atoms with van der Waals surface area (Å²) in [5.41, 5.74) is 3.33. The van der Waals surface area contributed by atoms with E-state index in [0.29, 0.717) is 23.5 Å². The number of pyridine rings is 1. The zero-order valence-corrected chi connectivity index (χ0v) is 13.4. The minimum atomic E-state index is -0.167. The first-order valence-electron chi connectivity index (χ1n) is 8.03. The van der Waals surface area contributed by atoms with E-state index in [2.05, 4.69) is 4.98 Å². The standard InChI is InChI=1S/C19H18N2O3/c1-13-7-8-17-15(20-13)11-18(24-17)19(22)21-12-23-10-9-16(21)14-5-3-2-4-6-14/h2-8,11,16H,9-10,12H2,1H3. The molecule has 1 saturated heterocycles. The van der Waals surface area contributed by atoms with Crippen molar-refractivity contribution >= 4 is 17.0 Å². The molecule has 1 aliphatic rings. The molecule has 1 fully saturated rings. The average Bonchev–Trinajstić information content (AvgIpc) is 3.05. The van der Waals surface area contributed by atoms with Gasteiger partial charge < -0.3 is 14.1 Å². The highest BCUT2D eigenvalue weighted by molar-refractivity contribution is 5.95. The van der Waals surface area contributed by atoms with Crippen molar-refractivity contribution in [2.24, 2.45) is 0 Å². The second-order valence-electron chi connectivity index (χ2n) is 5.97. The highest BCUT2D eigenvalue weighted by Crippen LogP contribution is 2.30. The van der Waals surface area contributed by atoms with E-state index in [1.807, 2.05) is 49.4 Å². The summed E-state index contributed by atoms with van der Waals surface area (Å²) in [6.45, 7) is 2.82. The van der Waals surface area contributed by atoms with Gasteiger partial charge in [-0.25, -0.2) is 4.98 Å². The molecule has 0 radical (unpaired) electrons. The zero-order chi connectivity index (χ0) is 16.5. The first-order chi connectivity index (χ1) is 11.7. The highest BCUT2D eigenvalue weighted by atomic mass is 16.5. The molecule has 5 nitrogen and oxygen atoms in total. The van der Waals surface area contributed by atoms with Gasteiger partial charge >= 0.3 is 0 Å². The van der Waals surface area contributed by atoms with Gasteiger partial charge in [0.1, 0.15) is 12.2 Å². The second-order valence-corrected chi connectivity index (χ2v) is 5.97. The van der Waals surface area contributed by atoms with E-state index in [1.165, 1.54) is 0 Å². The lowest BCUT2D eigenvalue weighted by Gasteiger charge is -2.35. The number of carbonyl (C=O) groups excluding carboxylic acids is 1. The summed E-state index contributed by atoms with van der Waals surface area (Å²) in [7, 11) is 0. The minimum Gasteiger partial charge on any atom is -0.449 e. The Hall–Kier alpha value is -2.66. The molecule has 0 spiro atoms. The number of nitrogens with zero attached hydrogens (tertiary/aromatic N) is 2. The van der Waals surface area contributed by atoms with Crippen LogP contribution in [0.25, 0.3) is 11.1 Å². The second kappa shape index (κ2) is 6.09. The van der Waals surface area contributed by atoms with Gasteiger partial charge in [-0.05, 0) is 31.0 Å². The predicted octanol–water partition coefficient (Wildman–Crippen LogP) is 3.70. The number of ether oxygens (including phenoxy) is 1. The van der Waals surface area contributed by atoms with Crippen molar-refractivity contribution in [3.8, 4) is 0 Å². The van der Waals surface area contributed by atoms with Crippen molar-refractivity contribution < 1.29 is 13.9 Å². The average molecular weight is 322 g/mol. The summed E-state index contributed by atoms with van der Waals surface area (Å²) in [4.78, 5) is 19.1. The summed E-state index contributed by atoms with van der Waals surface area (Å²) in [5.74, 6) is 0.133. The topological polar surface area (TPSA) is 55.6 Å². The van der Waals surface area contributed by atoms with Gasteiger partial charge in [0.2, 0.25) is 0 Å². The Morgan fingerprint density at radius 1 is 1.21 bits per heavy atom. The van der Waals surface area contributed by atoms with Gasteiger partial charge in [-0.2, -0.15) is 0 Å². The lowest BCUT2D eigenvalue weighted by atomic mass is 10.0. The molecule has 0 N–H and O–H groups in total.